The number of carbonyl (C=O) groups excluding carboxylic acids is 1. The second-order valence-corrected chi connectivity index (χ2v) is 7.38. The molecule has 2 aliphatic rings. The quantitative estimate of drug-likeness (QED) is 0.609. The summed E-state index contributed by atoms with van der Waals surface area (Å²) in [6, 6.07) is 7.64. The Balaban J connectivity index is 1.49. The summed E-state index contributed by atoms with van der Waals surface area (Å²) in [7, 11) is 0. The van der Waals surface area contributed by atoms with Crippen LogP contribution in [0.15, 0.2) is 34.4 Å². The van der Waals surface area contributed by atoms with Gasteiger partial charge in [-0.15, -0.1) is 0 Å². The molecule has 1 aromatic carbocycles. The number of hydrogen-bond donors (Lipinski definition) is 2. The number of hydrogen-bond acceptors (Lipinski definition) is 6. The van der Waals surface area contributed by atoms with Crippen molar-refractivity contribution in [2.45, 2.75) is 24.9 Å². The summed E-state index contributed by atoms with van der Waals surface area (Å²) < 4.78 is 0. The third-order valence-corrected chi connectivity index (χ3v) is 5.20. The van der Waals surface area contributed by atoms with Gasteiger partial charge in [0.1, 0.15) is 5.82 Å². The van der Waals surface area contributed by atoms with E-state index in [1.807, 2.05) is 42.3 Å². The average Bonchev–Trinajstić information content (AvgIpc) is 3.34. The Bertz CT molecular complexity index is 890. The van der Waals surface area contributed by atoms with E-state index in [0.29, 0.717) is 0 Å². The molecule has 0 saturated carbocycles. The number of carbonyl (C=O) groups is 1. The van der Waals surface area contributed by atoms with Crippen LogP contribution in [-0.2, 0) is 0 Å². The summed E-state index contributed by atoms with van der Waals surface area (Å²) in [5, 5.41) is 7.06. The molecule has 8 heteroatoms. The fraction of sp³-hybridized carbons (Fsp3) is 0.368. The molecule has 140 valence electrons. The van der Waals surface area contributed by atoms with Crippen LogP contribution in [0, 0.1) is 6.92 Å². The molecule has 0 unspecified atom stereocenters. The van der Waals surface area contributed by atoms with Gasteiger partial charge >= 0.3 is 6.03 Å². The molecule has 0 spiro atoms. The van der Waals surface area contributed by atoms with E-state index in [9.17, 15) is 4.79 Å². The maximum Gasteiger partial charge on any atom is 0.321 e. The van der Waals surface area contributed by atoms with E-state index in [1.165, 1.54) is 11.8 Å². The van der Waals surface area contributed by atoms with Gasteiger partial charge in [0.15, 0.2) is 5.16 Å². The molecule has 1 saturated heterocycles. The number of aromatic nitrogens is 2. The fourth-order valence-corrected chi connectivity index (χ4v) is 3.58. The smallest absolute Gasteiger partial charge is 0.321 e. The van der Waals surface area contributed by atoms with Crippen LogP contribution >= 0.6 is 11.8 Å². The van der Waals surface area contributed by atoms with Crippen molar-refractivity contribution < 1.29 is 4.79 Å². The molecule has 0 bridgehead atoms. The van der Waals surface area contributed by atoms with Crippen molar-refractivity contribution in [2.24, 2.45) is 4.99 Å². The number of urea groups is 1. The third kappa shape index (κ3) is 4.05. The Morgan fingerprint density at radius 3 is 2.41 bits per heavy atom. The predicted octanol–water partition coefficient (Wildman–Crippen LogP) is 3.68. The SMILES string of the molecule is CSc1nc(C)c(C2=NC2)c(Nc2ccc(NC(=O)N3CCCC3)cc2)n1. The number of nitrogens with zero attached hydrogens (tertiary/aromatic N) is 4. The molecule has 2 amide bonds. The van der Waals surface area contributed by atoms with Crippen LogP contribution in [0.3, 0.4) is 0 Å². The number of rotatable bonds is 5. The number of amides is 2. The van der Waals surface area contributed by atoms with Gasteiger partial charge in [0.2, 0.25) is 0 Å². The van der Waals surface area contributed by atoms with E-state index >= 15 is 0 Å². The normalized spacial score (nSPS) is 15.5. The second-order valence-electron chi connectivity index (χ2n) is 6.61. The van der Waals surface area contributed by atoms with E-state index in [0.717, 1.165) is 71.8 Å². The molecule has 2 N–H and O–H groups in total. The van der Waals surface area contributed by atoms with Crippen LogP contribution in [0.4, 0.5) is 22.0 Å². The largest absolute Gasteiger partial charge is 0.340 e. The predicted molar refractivity (Wildman–Crippen MR) is 110 cm³/mol. The van der Waals surface area contributed by atoms with Gasteiger partial charge in [-0.05, 0) is 50.3 Å². The topological polar surface area (TPSA) is 82.5 Å². The number of nitrogens with one attached hydrogen (secondary N) is 2. The zero-order valence-corrected chi connectivity index (χ0v) is 16.3. The summed E-state index contributed by atoms with van der Waals surface area (Å²) in [6.45, 7) is 4.41. The minimum atomic E-state index is -0.0294. The Labute approximate surface area is 162 Å². The number of aliphatic imine (C=N–C) groups is 1. The van der Waals surface area contributed by atoms with Crippen LogP contribution < -0.4 is 10.6 Å². The third-order valence-electron chi connectivity index (χ3n) is 4.65. The summed E-state index contributed by atoms with van der Waals surface area (Å²) in [6.07, 6.45) is 4.13. The number of aryl methyl sites for hydroxylation is 1. The van der Waals surface area contributed by atoms with Crippen LogP contribution in [0.5, 0.6) is 0 Å². The van der Waals surface area contributed by atoms with Crippen molar-refractivity contribution in [1.82, 2.24) is 14.9 Å². The van der Waals surface area contributed by atoms with Gasteiger partial charge < -0.3 is 15.5 Å². The average molecular weight is 382 g/mol. The highest BCUT2D eigenvalue weighted by Gasteiger charge is 2.22. The molecule has 2 aliphatic heterocycles. The molecule has 1 fully saturated rings. The standard InChI is InChI=1S/C19H22N6OS/c1-12-16(15-11-20-15)17(24-18(21-12)27-2)22-13-5-7-14(8-6-13)23-19(26)25-9-3-4-10-25/h5-8H,3-4,9-11H2,1-2H3,(H,23,26)(H,21,22,24). The van der Waals surface area contributed by atoms with Crippen molar-refractivity contribution in [1.29, 1.82) is 0 Å². The Morgan fingerprint density at radius 2 is 1.78 bits per heavy atom. The Morgan fingerprint density at radius 1 is 1.11 bits per heavy atom. The molecule has 0 radical (unpaired) electrons. The molecule has 4 rings (SSSR count). The van der Waals surface area contributed by atoms with Gasteiger partial charge in [-0.3, -0.25) is 4.99 Å². The summed E-state index contributed by atoms with van der Waals surface area (Å²) in [5.74, 6) is 0.775. The number of thioether (sulfide) groups is 1. The molecule has 3 heterocycles. The lowest BCUT2D eigenvalue weighted by molar-refractivity contribution is 0.222. The summed E-state index contributed by atoms with van der Waals surface area (Å²) in [4.78, 5) is 27.5. The van der Waals surface area contributed by atoms with Crippen LogP contribution in [0.2, 0.25) is 0 Å². The Kier molecular flexibility index (Phi) is 4.98. The number of anilines is 3. The second kappa shape index (κ2) is 7.56. The van der Waals surface area contributed by atoms with Crippen molar-refractivity contribution in [3.05, 3.63) is 35.5 Å². The first-order chi connectivity index (χ1) is 13.1. The van der Waals surface area contributed by atoms with Crippen molar-refractivity contribution in [3.63, 3.8) is 0 Å². The fourth-order valence-electron chi connectivity index (χ4n) is 3.17. The molecule has 27 heavy (non-hydrogen) atoms. The Hall–Kier alpha value is -2.61. The van der Waals surface area contributed by atoms with Gasteiger partial charge in [-0.1, -0.05) is 11.8 Å². The zero-order valence-electron chi connectivity index (χ0n) is 15.5. The van der Waals surface area contributed by atoms with Crippen molar-refractivity contribution >= 4 is 40.7 Å². The lowest BCUT2D eigenvalue weighted by Crippen LogP contribution is -2.32. The highest BCUT2D eigenvalue weighted by molar-refractivity contribution is 7.98. The molecular weight excluding hydrogens is 360 g/mol. The first kappa shape index (κ1) is 17.8. The van der Waals surface area contributed by atoms with Crippen LogP contribution in [0.25, 0.3) is 0 Å². The highest BCUT2D eigenvalue weighted by atomic mass is 32.2. The first-order valence-electron chi connectivity index (χ1n) is 9.03. The van der Waals surface area contributed by atoms with Crippen LogP contribution in [-0.4, -0.2) is 52.5 Å². The monoisotopic (exact) mass is 382 g/mol. The van der Waals surface area contributed by atoms with Gasteiger partial charge in [0, 0.05) is 24.5 Å². The minimum absolute atomic E-state index is 0.0294. The number of benzene rings is 1. The lowest BCUT2D eigenvalue weighted by Gasteiger charge is -2.16. The molecule has 7 nitrogen and oxygen atoms in total. The number of likely N-dealkylation sites (tertiary alicyclic amines) is 1. The van der Waals surface area contributed by atoms with E-state index in [2.05, 4.69) is 25.6 Å². The maximum atomic E-state index is 12.2. The molecule has 1 aromatic heterocycles. The van der Waals surface area contributed by atoms with Crippen molar-refractivity contribution in [3.8, 4) is 0 Å². The highest BCUT2D eigenvalue weighted by Crippen LogP contribution is 2.28. The van der Waals surface area contributed by atoms with E-state index in [4.69, 9.17) is 0 Å². The first-order valence-corrected chi connectivity index (χ1v) is 10.3. The van der Waals surface area contributed by atoms with E-state index in [1.54, 1.807) is 0 Å². The van der Waals surface area contributed by atoms with Gasteiger partial charge in [-0.25, -0.2) is 14.8 Å². The van der Waals surface area contributed by atoms with Gasteiger partial charge in [-0.2, -0.15) is 0 Å². The summed E-state index contributed by atoms with van der Waals surface area (Å²) >= 11 is 1.52. The van der Waals surface area contributed by atoms with Gasteiger partial charge in [0.05, 0.1) is 23.5 Å². The summed E-state index contributed by atoms with van der Waals surface area (Å²) in [5.41, 5.74) is 4.65. The molecule has 0 atom stereocenters. The van der Waals surface area contributed by atoms with E-state index in [-0.39, 0.29) is 6.03 Å². The molecule has 2 aromatic rings. The molecular formula is C19H22N6OS. The van der Waals surface area contributed by atoms with Crippen molar-refractivity contribution in [2.75, 3.05) is 36.5 Å². The van der Waals surface area contributed by atoms with Gasteiger partial charge in [0.25, 0.3) is 0 Å². The maximum absolute atomic E-state index is 12.2. The lowest BCUT2D eigenvalue weighted by atomic mass is 10.1. The van der Waals surface area contributed by atoms with E-state index < -0.39 is 0 Å². The van der Waals surface area contributed by atoms with Crippen LogP contribution in [0.1, 0.15) is 24.1 Å². The molecule has 0 aliphatic carbocycles. The zero-order chi connectivity index (χ0) is 18.8. The minimum Gasteiger partial charge on any atom is -0.340 e.